The largest absolute Gasteiger partial charge is 0.340 e. The van der Waals surface area contributed by atoms with E-state index in [1.807, 2.05) is 38.0 Å². The SMILES string of the molecule is CC(=O)N1CCN(Cc2c(-c3ccc(Cl)cc3)nc3ccc(N(C(F)F)S(C)(=O)=O)cn23)CC1.CC(=O)N1CCN(Cc2c(-c3ccc(Cl)cc3Cl)nc3ccc(N(C(F)F)S(C)(=O)=O)cn23)CC1.CN(c1ccc2nc(-c3ccc(Cl)cc3Cl)c(CN3CCN(C(=O)c4ccnnc4)CC3)n2c1)S(C)(=O)=O.Cn1cc(C(=O)N2CCN(Cc3c(-c4ccc(Cl)cc4Cl)nc4ccc(NS(C)(=O)=O)cn34)CC2)cn1. The Morgan fingerprint density at radius 2 is 0.722 bits per heavy atom. The van der Waals surface area contributed by atoms with Crippen molar-refractivity contribution >= 4 is 190 Å². The number of aromatic nitrogens is 12. The molecule has 18 rings (SSSR count). The number of sulfonamides is 4. The number of amides is 4. The standard InChI is InChI=1S/C25H25Cl2N7O3S.C24H25Cl2N7O3S.C22H23Cl2F2N5O3S.C22H24ClF2N5O3S/c1-31(38(2,36)37)19-4-6-23-30-24(20-5-3-18(26)13-21(20)27)22(34(23)15-19)16-32-9-11-33(12-10-32)25(35)17-7-8-28-29-14-17;1-30-13-16(12-27-30)24(34)32-9-7-31(8-10-32)15-21-23(19-5-3-17(25)11-20(19)26)28-22-6-4-18(14-33(21)22)29-37(2,35)36;1-14(32)29-9-7-28(8-10-29)13-19-21(17-5-3-15(23)11-18(17)24)27-20-6-4-16(12-30(19)20)31(22(25)26)35(2,33)34;1-15(31)28-11-9-27(10-12-28)14-19-21(16-3-5-17(23)6-4-16)26-20-8-7-18(13-29(19)20)30(22(24)25)34(2,32)33/h3-8,13-15H,9-12,16H2,1-2H3;3-6,11-14,29H,7-10,15H2,1-2H3;3-6,11-12,22H,7-10,13H2,1-2H3;3-8,13,22H,9-12,14H2,1-2H3. The van der Waals surface area contributed by atoms with Crippen LogP contribution in [0.5, 0.6) is 0 Å². The van der Waals surface area contributed by atoms with Crippen molar-refractivity contribution in [3.63, 3.8) is 0 Å². The lowest BCUT2D eigenvalue weighted by molar-refractivity contribution is -0.131. The lowest BCUT2D eigenvalue weighted by atomic mass is 10.1. The molecule has 4 saturated heterocycles. The first-order valence-electron chi connectivity index (χ1n) is 44.6. The van der Waals surface area contributed by atoms with Gasteiger partial charge in [0.05, 0.1) is 138 Å². The molecule has 14 heterocycles. The number of hydrogen-bond acceptors (Lipinski definition) is 23. The van der Waals surface area contributed by atoms with E-state index in [0.717, 1.165) is 58.8 Å². The van der Waals surface area contributed by atoms with Gasteiger partial charge in [-0.3, -0.25) is 70.1 Å². The predicted molar refractivity (Wildman–Crippen MR) is 549 cm³/mol. The molecule has 0 radical (unpaired) electrons. The van der Waals surface area contributed by atoms with Gasteiger partial charge >= 0.3 is 13.1 Å². The molecule has 4 fully saturated rings. The third-order valence-corrected chi connectivity index (χ3v) is 30.3. The number of fused-ring (bicyclic) bond motifs is 4. The number of alkyl halides is 4. The van der Waals surface area contributed by atoms with E-state index >= 15 is 0 Å². The maximum atomic E-state index is 13.7. The minimum absolute atomic E-state index is 0.00518. The van der Waals surface area contributed by atoms with Crippen molar-refractivity contribution in [3.8, 4) is 45.0 Å². The number of piperazine rings is 4. The average Bonchev–Trinajstić information content (AvgIpc) is 1.62. The Hall–Kier alpha value is -11.6. The van der Waals surface area contributed by atoms with Crippen LogP contribution in [-0.2, 0) is 82.9 Å². The molecule has 0 aliphatic carbocycles. The van der Waals surface area contributed by atoms with Gasteiger partial charge in [0, 0.05) is 232 Å². The summed E-state index contributed by atoms with van der Waals surface area (Å²) in [5.41, 5.74) is 12.4. The Kier molecular flexibility index (Phi) is 33.2. The van der Waals surface area contributed by atoms with Gasteiger partial charge in [0.25, 0.3) is 11.8 Å². The number of anilines is 4. The summed E-state index contributed by atoms with van der Waals surface area (Å²) in [6.07, 6.45) is 16.2. The third kappa shape index (κ3) is 25.4. The van der Waals surface area contributed by atoms with Crippen LogP contribution in [0.1, 0.15) is 57.3 Å². The predicted octanol–water partition coefficient (Wildman–Crippen LogP) is 14.1. The molecule has 4 aliphatic rings. The number of imidazole rings is 4. The number of halogens is 11. The maximum absolute atomic E-state index is 13.7. The Bertz CT molecular complexity index is 7660. The van der Waals surface area contributed by atoms with E-state index in [1.54, 1.807) is 145 Å². The van der Waals surface area contributed by atoms with Crippen LogP contribution < -0.4 is 17.6 Å². The highest BCUT2D eigenvalue weighted by Gasteiger charge is 2.35. The number of pyridine rings is 4. The van der Waals surface area contributed by atoms with E-state index in [4.69, 9.17) is 96.2 Å². The van der Waals surface area contributed by atoms with Crippen molar-refractivity contribution in [2.75, 3.05) is 154 Å². The van der Waals surface area contributed by atoms with Gasteiger partial charge in [-0.2, -0.15) is 32.9 Å². The fourth-order valence-corrected chi connectivity index (χ4v) is 21.3. The third-order valence-electron chi connectivity index (χ3n) is 24.5. The van der Waals surface area contributed by atoms with E-state index in [9.17, 15) is 70.4 Å². The fourth-order valence-electron chi connectivity index (χ4n) is 17.1. The first-order valence-corrected chi connectivity index (χ1v) is 54.6. The minimum Gasteiger partial charge on any atom is -0.340 e. The van der Waals surface area contributed by atoms with Gasteiger partial charge in [-0.15, -0.1) is 0 Å². The first kappa shape index (κ1) is 107. The van der Waals surface area contributed by atoms with Crippen LogP contribution >= 0.6 is 81.2 Å². The quantitative estimate of drug-likeness (QED) is 0.0433. The van der Waals surface area contributed by atoms with Gasteiger partial charge < -0.3 is 19.6 Å². The zero-order chi connectivity index (χ0) is 103. The van der Waals surface area contributed by atoms with Crippen LogP contribution in [0.2, 0.25) is 35.2 Å². The van der Waals surface area contributed by atoms with E-state index in [0.29, 0.717) is 245 Å². The zero-order valence-electron chi connectivity index (χ0n) is 78.6. The van der Waals surface area contributed by atoms with Gasteiger partial charge in [-0.05, 0) is 121 Å². The van der Waals surface area contributed by atoms with Gasteiger partial charge in [-0.25, -0.2) is 62.2 Å². The van der Waals surface area contributed by atoms with Crippen LogP contribution in [-0.4, -0.2) is 304 Å². The molecule has 14 aromatic rings. The van der Waals surface area contributed by atoms with Crippen LogP contribution in [0.3, 0.4) is 0 Å². The number of nitrogens with zero attached hydrogens (tertiary/aromatic N) is 23. The number of benzene rings is 4. The Labute approximate surface area is 862 Å². The maximum Gasteiger partial charge on any atom is 0.327 e. The molecule has 0 unspecified atom stereocenters. The molecule has 10 aromatic heterocycles. The van der Waals surface area contributed by atoms with Gasteiger partial charge in [0.2, 0.25) is 51.9 Å². The lowest BCUT2D eigenvalue weighted by Crippen LogP contribution is -2.48. The molecule has 762 valence electrons. The molecule has 0 spiro atoms. The van der Waals surface area contributed by atoms with Crippen molar-refractivity contribution in [3.05, 3.63) is 252 Å². The molecule has 0 bridgehead atoms. The summed E-state index contributed by atoms with van der Waals surface area (Å²) in [6, 6.07) is 36.9. The number of aryl methyl sites for hydroxylation is 1. The van der Waals surface area contributed by atoms with E-state index < -0.39 is 53.2 Å². The summed E-state index contributed by atoms with van der Waals surface area (Å²) >= 11 is 44.0. The van der Waals surface area contributed by atoms with Crippen molar-refractivity contribution in [1.82, 2.24) is 96.7 Å². The highest BCUT2D eigenvalue weighted by molar-refractivity contribution is 7.92. The van der Waals surface area contributed by atoms with Crippen molar-refractivity contribution in [2.24, 2.45) is 7.05 Å². The van der Waals surface area contributed by atoms with Crippen LogP contribution in [0.4, 0.5) is 40.3 Å². The van der Waals surface area contributed by atoms with Crippen molar-refractivity contribution in [2.45, 2.75) is 53.1 Å². The molecular formula is C93H97Cl7F4N24O12S4. The number of carbonyl (C=O) groups is 4. The Morgan fingerprint density at radius 3 is 1.06 bits per heavy atom. The number of carbonyl (C=O) groups excluding carboxylic acids is 4. The second kappa shape index (κ2) is 44.8. The van der Waals surface area contributed by atoms with Gasteiger partial charge in [-0.1, -0.05) is 93.3 Å². The lowest BCUT2D eigenvalue weighted by Gasteiger charge is -2.34. The molecule has 51 heteroatoms. The topological polar surface area (TPSA) is 365 Å². The summed E-state index contributed by atoms with van der Waals surface area (Å²) in [6.45, 7) is 8.06. The average molecular weight is 2200 g/mol. The number of hydrogen-bond donors (Lipinski definition) is 1. The number of nitrogens with one attached hydrogen (secondary N) is 1. The second-order valence-corrected chi connectivity index (χ2v) is 45.0. The summed E-state index contributed by atoms with van der Waals surface area (Å²) in [7, 11) is -12.0. The Morgan fingerprint density at radius 1 is 0.382 bits per heavy atom. The van der Waals surface area contributed by atoms with Crippen molar-refractivity contribution < 1.29 is 70.4 Å². The first-order chi connectivity index (χ1) is 68.2. The van der Waals surface area contributed by atoms with E-state index in [2.05, 4.69) is 44.6 Å². The molecule has 1 N–H and O–H groups in total. The second-order valence-electron chi connectivity index (χ2n) is 34.5. The van der Waals surface area contributed by atoms with Crippen LogP contribution in [0.15, 0.2) is 183 Å². The summed E-state index contributed by atoms with van der Waals surface area (Å²) in [4.78, 5) is 84.0. The molecule has 0 atom stereocenters. The Balaban J connectivity index is 0.000000145. The molecule has 0 saturated carbocycles. The van der Waals surface area contributed by atoms with E-state index in [-0.39, 0.29) is 43.6 Å². The highest BCUT2D eigenvalue weighted by Crippen LogP contribution is 2.40. The molecule has 4 aliphatic heterocycles. The van der Waals surface area contributed by atoms with Gasteiger partial charge in [0.15, 0.2) is 0 Å². The minimum atomic E-state index is -4.23. The zero-order valence-corrected chi connectivity index (χ0v) is 87.2. The molecule has 144 heavy (non-hydrogen) atoms. The van der Waals surface area contributed by atoms with E-state index in [1.165, 1.54) is 74.3 Å². The monoisotopic (exact) mass is 2190 g/mol. The number of rotatable bonds is 24. The fraction of sp³-hybridized carbons (Fsp3) is 0.323. The van der Waals surface area contributed by atoms with Crippen molar-refractivity contribution in [1.29, 1.82) is 0 Å². The molecule has 4 aromatic carbocycles. The normalized spacial score (nSPS) is 15.0. The molecular weight excluding hydrogens is 2100 g/mol. The van der Waals surface area contributed by atoms with Crippen LogP contribution in [0.25, 0.3) is 67.6 Å². The van der Waals surface area contributed by atoms with Crippen LogP contribution in [0, 0.1) is 0 Å². The van der Waals surface area contributed by atoms with Gasteiger partial charge in [0.1, 0.15) is 22.6 Å². The summed E-state index contributed by atoms with van der Waals surface area (Å²) < 4.78 is 163. The summed E-state index contributed by atoms with van der Waals surface area (Å²) in [5, 5.41) is 15.0. The molecule has 36 nitrogen and oxygen atoms in total. The molecule has 4 amide bonds. The smallest absolute Gasteiger partial charge is 0.327 e. The highest BCUT2D eigenvalue weighted by atomic mass is 35.5. The summed E-state index contributed by atoms with van der Waals surface area (Å²) in [5.74, 6) is -0.0801.